The maximum absolute atomic E-state index is 13.4. The van der Waals surface area contributed by atoms with E-state index in [1.165, 1.54) is 35.3 Å². The number of ether oxygens (including phenoxy) is 1. The van der Waals surface area contributed by atoms with Gasteiger partial charge in [0.2, 0.25) is 17.7 Å². The van der Waals surface area contributed by atoms with E-state index in [0.29, 0.717) is 49.8 Å². The third kappa shape index (κ3) is 11.1. The number of piperidine rings is 2. The number of pyridine rings is 1. The molecule has 7 N–H and O–H groups in total. The van der Waals surface area contributed by atoms with E-state index >= 15 is 0 Å². The number of likely N-dealkylation sites (tertiary alicyclic amines) is 1. The number of anilines is 3. The number of nitrogens with one attached hydrogen (secondary N) is 5. The highest BCUT2D eigenvalue weighted by molar-refractivity contribution is 6.25. The minimum Gasteiger partial charge on any atom is -0.444 e. The Labute approximate surface area is 390 Å². The average molecular weight is 955 g/mol. The van der Waals surface area contributed by atoms with Gasteiger partial charge in [-0.05, 0) is 74.3 Å². The number of amides is 7. The van der Waals surface area contributed by atoms with Crippen LogP contribution in [0.5, 0.6) is 0 Å². The second-order valence-electron chi connectivity index (χ2n) is 16.2. The molecule has 2 fully saturated rings. The van der Waals surface area contributed by atoms with Gasteiger partial charge in [-0.2, -0.15) is 18.3 Å². The lowest BCUT2D eigenvalue weighted by Crippen LogP contribution is -2.54. The van der Waals surface area contributed by atoms with Crippen molar-refractivity contribution in [2.45, 2.75) is 50.4 Å². The minimum atomic E-state index is -4.47. The summed E-state index contributed by atoms with van der Waals surface area (Å²) in [6, 6.07) is 13.0. The van der Waals surface area contributed by atoms with Crippen molar-refractivity contribution in [1.82, 2.24) is 40.2 Å². The third-order valence-corrected chi connectivity index (χ3v) is 11.6. The van der Waals surface area contributed by atoms with Gasteiger partial charge in [-0.3, -0.25) is 48.7 Å². The molecule has 3 aliphatic rings. The smallest absolute Gasteiger partial charge is 0.405 e. The fraction of sp³-hybridized carbons (Fsp3) is 0.333. The van der Waals surface area contributed by atoms with Gasteiger partial charge in [0, 0.05) is 55.1 Å². The number of carbonyl (C=O) groups excluding carboxylic acids is 7. The number of carbonyl (C=O) groups is 7. The molecule has 0 bridgehead atoms. The highest BCUT2D eigenvalue weighted by Crippen LogP contribution is 2.32. The molecular formula is C45H45F3N12O9. The van der Waals surface area contributed by atoms with Gasteiger partial charge in [0.15, 0.2) is 11.4 Å². The van der Waals surface area contributed by atoms with E-state index in [0.717, 1.165) is 37.0 Å². The number of aromatic nitrogens is 4. The van der Waals surface area contributed by atoms with Crippen molar-refractivity contribution < 1.29 is 55.9 Å². The number of nitrogens with zero attached hydrogens (tertiary/aromatic N) is 6. The van der Waals surface area contributed by atoms with Crippen molar-refractivity contribution in [2.24, 2.45) is 5.73 Å². The Morgan fingerprint density at radius 1 is 0.942 bits per heavy atom. The molecule has 2 atom stereocenters. The van der Waals surface area contributed by atoms with Crippen molar-refractivity contribution in [1.29, 1.82) is 0 Å². The van der Waals surface area contributed by atoms with Crippen LogP contribution in [0.3, 0.4) is 0 Å². The summed E-state index contributed by atoms with van der Waals surface area (Å²) in [4.78, 5) is 101. The monoisotopic (exact) mass is 954 g/mol. The Kier molecular flexibility index (Phi) is 14.1. The lowest BCUT2D eigenvalue weighted by atomic mass is 10.0. The number of primary amides is 1. The molecule has 0 radical (unpaired) electrons. The number of fused-ring (bicyclic) bond motifs is 1. The zero-order valence-corrected chi connectivity index (χ0v) is 36.6. The van der Waals surface area contributed by atoms with E-state index in [-0.39, 0.29) is 70.3 Å². The standard InChI is InChI=1S/C45H45F3N12O9/c46-45(47,48)24-53-34-20-26(13-14-51-34)42-55-32(23-69-42)40(64)54-31-22-59(57-37(31)38(49)62)27-9-7-25(8-10-27)39(63)52-21-28-4-1-2-16-58(28)17-19-68-18-15-50-30-6-3-5-29-36(30)44(67)60(43(29)66)33-11-12-35(61)56-41(33)65/h3,5-10,13-14,20,22-23,28,33,50H,1-2,4,11-12,15-19,21,24H2,(H2,49,62)(H,51,53)(H,52,63)(H,54,64)(H,56,61,65). The normalized spacial score (nSPS) is 17.3. The summed E-state index contributed by atoms with van der Waals surface area (Å²) in [6.45, 7) is 1.57. The molecule has 5 aromatic rings. The summed E-state index contributed by atoms with van der Waals surface area (Å²) in [6.07, 6.45) is 2.14. The zero-order chi connectivity index (χ0) is 48.8. The molecule has 21 nitrogen and oxygen atoms in total. The fourth-order valence-electron chi connectivity index (χ4n) is 8.20. The molecule has 360 valence electrons. The highest BCUT2D eigenvalue weighted by atomic mass is 19.4. The molecule has 7 amide bonds. The molecule has 0 spiro atoms. The summed E-state index contributed by atoms with van der Waals surface area (Å²) in [5, 5.41) is 17.3. The van der Waals surface area contributed by atoms with Gasteiger partial charge >= 0.3 is 6.18 Å². The molecule has 2 saturated heterocycles. The van der Waals surface area contributed by atoms with Gasteiger partial charge in [-0.15, -0.1) is 0 Å². The van der Waals surface area contributed by atoms with Crippen LogP contribution in [-0.2, 0) is 14.3 Å². The molecule has 6 heterocycles. The Hall–Kier alpha value is -7.99. The average Bonchev–Trinajstić information content (AvgIpc) is 4.06. The summed E-state index contributed by atoms with van der Waals surface area (Å²) in [5.41, 5.74) is 6.88. The first-order valence-corrected chi connectivity index (χ1v) is 21.9. The number of hydrogen-bond donors (Lipinski definition) is 6. The van der Waals surface area contributed by atoms with E-state index in [4.69, 9.17) is 14.9 Å². The van der Waals surface area contributed by atoms with Crippen LogP contribution in [0.2, 0.25) is 0 Å². The lowest BCUT2D eigenvalue weighted by molar-refractivity contribution is -0.136. The number of alkyl halides is 3. The quantitative estimate of drug-likeness (QED) is 0.0543. The zero-order valence-electron chi connectivity index (χ0n) is 36.6. The van der Waals surface area contributed by atoms with Gasteiger partial charge in [0.25, 0.3) is 29.5 Å². The predicted molar refractivity (Wildman–Crippen MR) is 238 cm³/mol. The van der Waals surface area contributed by atoms with E-state index in [1.54, 1.807) is 36.4 Å². The molecule has 69 heavy (non-hydrogen) atoms. The molecule has 3 aromatic heterocycles. The van der Waals surface area contributed by atoms with E-state index in [9.17, 15) is 46.7 Å². The third-order valence-electron chi connectivity index (χ3n) is 11.6. The highest BCUT2D eigenvalue weighted by Gasteiger charge is 2.45. The number of benzene rings is 2. The molecule has 8 rings (SSSR count). The number of rotatable bonds is 18. The molecule has 0 saturated carbocycles. The van der Waals surface area contributed by atoms with E-state index in [2.05, 4.69) is 46.6 Å². The van der Waals surface area contributed by atoms with Crippen LogP contribution in [-0.4, -0.2) is 135 Å². The molecule has 3 aliphatic heterocycles. The van der Waals surface area contributed by atoms with Crippen LogP contribution in [0.25, 0.3) is 17.1 Å². The first-order valence-electron chi connectivity index (χ1n) is 21.9. The van der Waals surface area contributed by atoms with Gasteiger partial charge in [-0.1, -0.05) is 12.5 Å². The predicted octanol–water partition coefficient (Wildman–Crippen LogP) is 3.36. The molecule has 0 aliphatic carbocycles. The summed E-state index contributed by atoms with van der Waals surface area (Å²) in [5.74, 6) is -4.50. The molecule has 2 unspecified atom stereocenters. The van der Waals surface area contributed by atoms with Crippen molar-refractivity contribution in [3.05, 3.63) is 101 Å². The second-order valence-corrected chi connectivity index (χ2v) is 16.2. The second kappa shape index (κ2) is 20.5. The van der Waals surface area contributed by atoms with Crippen molar-refractivity contribution >= 4 is 58.5 Å². The minimum absolute atomic E-state index is 0.0290. The van der Waals surface area contributed by atoms with E-state index in [1.807, 2.05) is 0 Å². The first kappa shape index (κ1) is 47.5. The number of oxazole rings is 1. The SMILES string of the molecule is NC(=O)c1nn(-c2ccc(C(=O)NCC3CCCCN3CCOCCNc3cccc4c3C(=O)N(C3CCC(=O)NC3=O)C4=O)cc2)cc1NC(=O)c1coc(-c2ccnc(NCC(F)(F)F)c2)n1. The first-order chi connectivity index (χ1) is 33.1. The van der Waals surface area contributed by atoms with Crippen LogP contribution < -0.4 is 32.3 Å². The number of nitrogens with two attached hydrogens (primary N) is 1. The van der Waals surface area contributed by atoms with Crippen LogP contribution in [0.1, 0.15) is 84.2 Å². The summed E-state index contributed by atoms with van der Waals surface area (Å²) < 4.78 is 50.6. The Balaban J connectivity index is 0.798. The Morgan fingerprint density at radius 3 is 2.52 bits per heavy atom. The van der Waals surface area contributed by atoms with Crippen molar-refractivity contribution in [3.63, 3.8) is 0 Å². The van der Waals surface area contributed by atoms with Gasteiger partial charge in [0.05, 0.1) is 41.9 Å². The van der Waals surface area contributed by atoms with Crippen LogP contribution in [0, 0.1) is 0 Å². The largest absolute Gasteiger partial charge is 0.444 e. The Bertz CT molecular complexity index is 2790. The molecular weight excluding hydrogens is 910 g/mol. The van der Waals surface area contributed by atoms with Crippen LogP contribution in [0.4, 0.5) is 30.4 Å². The van der Waals surface area contributed by atoms with Crippen molar-refractivity contribution in [3.8, 4) is 17.1 Å². The fourth-order valence-corrected chi connectivity index (χ4v) is 8.20. The molecule has 24 heteroatoms. The number of hydrogen-bond acceptors (Lipinski definition) is 15. The summed E-state index contributed by atoms with van der Waals surface area (Å²) >= 11 is 0. The summed E-state index contributed by atoms with van der Waals surface area (Å²) in [7, 11) is 0. The van der Waals surface area contributed by atoms with Crippen LogP contribution in [0.15, 0.2) is 77.7 Å². The van der Waals surface area contributed by atoms with Gasteiger partial charge in [0.1, 0.15) is 24.7 Å². The lowest BCUT2D eigenvalue weighted by Gasteiger charge is -2.35. The van der Waals surface area contributed by atoms with Gasteiger partial charge in [-0.25, -0.2) is 14.6 Å². The number of imide groups is 2. The van der Waals surface area contributed by atoms with E-state index < -0.39 is 54.2 Å². The van der Waals surface area contributed by atoms with Crippen LogP contribution >= 0.6 is 0 Å². The topological polar surface area (TPSA) is 278 Å². The maximum Gasteiger partial charge on any atom is 0.405 e. The Morgan fingerprint density at radius 2 is 1.75 bits per heavy atom. The number of halogens is 3. The van der Waals surface area contributed by atoms with Gasteiger partial charge < -0.3 is 36.2 Å². The van der Waals surface area contributed by atoms with Crippen molar-refractivity contribution in [2.75, 3.05) is 61.9 Å². The maximum atomic E-state index is 13.4. The molecule has 2 aromatic carbocycles.